The summed E-state index contributed by atoms with van der Waals surface area (Å²) in [6.45, 7) is 4.72. The molecule has 0 aromatic heterocycles. The lowest BCUT2D eigenvalue weighted by Gasteiger charge is -2.13. The van der Waals surface area contributed by atoms with E-state index < -0.39 is 0 Å². The summed E-state index contributed by atoms with van der Waals surface area (Å²) in [5.41, 5.74) is 0.694. The van der Waals surface area contributed by atoms with Crippen LogP contribution in [0, 0.1) is 5.41 Å². The fourth-order valence-electron chi connectivity index (χ4n) is 1.33. The van der Waals surface area contributed by atoms with Gasteiger partial charge in [0, 0.05) is 0 Å². The van der Waals surface area contributed by atoms with Crippen molar-refractivity contribution in [2.75, 3.05) is 0 Å². The van der Waals surface area contributed by atoms with Gasteiger partial charge in [-0.05, 0) is 18.3 Å². The van der Waals surface area contributed by atoms with Crippen molar-refractivity contribution >= 4 is 0 Å². The lowest BCUT2D eigenvalue weighted by Crippen LogP contribution is -2.01. The maximum Gasteiger partial charge on any atom is -0.0354 e. The first-order valence-electron chi connectivity index (χ1n) is 3.21. The van der Waals surface area contributed by atoms with Crippen LogP contribution in [0.3, 0.4) is 0 Å². The van der Waals surface area contributed by atoms with Crippen LogP contribution < -0.4 is 0 Å². The lowest BCUT2D eigenvalue weighted by molar-refractivity contribution is 0.382. The zero-order valence-electron chi connectivity index (χ0n) is 5.33. The molecule has 0 aromatic rings. The highest BCUT2D eigenvalue weighted by molar-refractivity contribution is 4.74. The van der Waals surface area contributed by atoms with Crippen LogP contribution in [-0.4, -0.2) is 0 Å². The summed E-state index contributed by atoms with van der Waals surface area (Å²) >= 11 is 0. The predicted molar refractivity (Wildman–Crippen MR) is 45.7 cm³/mol. The van der Waals surface area contributed by atoms with Crippen molar-refractivity contribution in [3.8, 4) is 0 Å². The maximum absolute atomic E-state index is 2.36. The summed E-state index contributed by atoms with van der Waals surface area (Å²) < 4.78 is 0. The molecular formula is C9H22. The molecule has 1 rings (SSSR count). The van der Waals surface area contributed by atoms with Crippen LogP contribution in [0.5, 0.6) is 0 Å². The van der Waals surface area contributed by atoms with Crippen molar-refractivity contribution in [3.63, 3.8) is 0 Å². The number of rotatable bonds is 0. The third kappa shape index (κ3) is 3.56. The van der Waals surface area contributed by atoms with Crippen LogP contribution in [0.1, 0.15) is 54.4 Å². The fourth-order valence-corrected chi connectivity index (χ4v) is 1.33. The number of hydrogen-bond acceptors (Lipinski definition) is 0. The second-order valence-corrected chi connectivity index (χ2v) is 3.37. The van der Waals surface area contributed by atoms with Crippen molar-refractivity contribution < 1.29 is 0 Å². The molecule has 0 amide bonds. The molecule has 58 valence electrons. The summed E-state index contributed by atoms with van der Waals surface area (Å²) in [5.74, 6) is 0. The zero-order chi connectivity index (χ0) is 5.33. The Labute approximate surface area is 60.7 Å². The normalized spacial score (nSPS) is 22.0. The molecule has 0 atom stereocenters. The molecule has 0 unspecified atom stereocenters. The smallest absolute Gasteiger partial charge is 0.0354 e. The Morgan fingerprint density at radius 1 is 0.889 bits per heavy atom. The average molecular weight is 130 g/mol. The fraction of sp³-hybridized carbons (Fsp3) is 1.00. The van der Waals surface area contributed by atoms with Crippen molar-refractivity contribution in [2.24, 2.45) is 5.41 Å². The highest BCUT2D eigenvalue weighted by Crippen LogP contribution is 2.36. The topological polar surface area (TPSA) is 0 Å². The molecule has 0 N–H and O–H groups in total. The van der Waals surface area contributed by atoms with E-state index in [1.165, 1.54) is 25.7 Å². The quantitative estimate of drug-likeness (QED) is 0.467. The molecule has 1 aliphatic carbocycles. The summed E-state index contributed by atoms with van der Waals surface area (Å²) in [7, 11) is 0. The van der Waals surface area contributed by atoms with Crippen molar-refractivity contribution in [2.45, 2.75) is 54.4 Å². The van der Waals surface area contributed by atoms with Gasteiger partial charge in [0.05, 0.1) is 0 Å². The minimum atomic E-state index is 0. The molecule has 1 aliphatic rings. The third-order valence-electron chi connectivity index (χ3n) is 1.96. The summed E-state index contributed by atoms with van der Waals surface area (Å²) in [6, 6.07) is 0. The first-order chi connectivity index (χ1) is 3.21. The molecule has 0 radical (unpaired) electrons. The van der Waals surface area contributed by atoms with Gasteiger partial charge in [0.1, 0.15) is 0 Å². The summed E-state index contributed by atoms with van der Waals surface area (Å²) in [6.07, 6.45) is 5.83. The minimum Gasteiger partial charge on any atom is -0.0776 e. The van der Waals surface area contributed by atoms with Gasteiger partial charge in [-0.1, -0.05) is 41.5 Å². The third-order valence-corrected chi connectivity index (χ3v) is 1.96. The van der Waals surface area contributed by atoms with E-state index in [1.54, 1.807) is 0 Å². The van der Waals surface area contributed by atoms with Gasteiger partial charge in [-0.15, -0.1) is 0 Å². The van der Waals surface area contributed by atoms with Crippen molar-refractivity contribution in [3.05, 3.63) is 0 Å². The van der Waals surface area contributed by atoms with Gasteiger partial charge in [0.25, 0.3) is 0 Å². The van der Waals surface area contributed by atoms with Gasteiger partial charge < -0.3 is 0 Å². The van der Waals surface area contributed by atoms with E-state index in [2.05, 4.69) is 13.8 Å². The Bertz CT molecular complexity index is 54.4. The van der Waals surface area contributed by atoms with Crippen LogP contribution >= 0.6 is 0 Å². The summed E-state index contributed by atoms with van der Waals surface area (Å²) in [5, 5.41) is 0. The van der Waals surface area contributed by atoms with Gasteiger partial charge in [0.2, 0.25) is 0 Å². The molecule has 0 bridgehead atoms. The molecule has 1 saturated carbocycles. The number of hydrogen-bond donors (Lipinski definition) is 0. The molecule has 0 heteroatoms. The monoisotopic (exact) mass is 130 g/mol. The van der Waals surface area contributed by atoms with Gasteiger partial charge in [-0.3, -0.25) is 0 Å². The molecule has 0 saturated heterocycles. The minimum absolute atomic E-state index is 0. The van der Waals surface area contributed by atoms with Crippen LogP contribution in [0.4, 0.5) is 0 Å². The maximum atomic E-state index is 2.36. The Hall–Kier alpha value is 0. The Morgan fingerprint density at radius 2 is 1.22 bits per heavy atom. The van der Waals surface area contributed by atoms with E-state index in [0.717, 1.165) is 0 Å². The zero-order valence-corrected chi connectivity index (χ0v) is 5.33. The molecule has 0 aromatic carbocycles. The van der Waals surface area contributed by atoms with Gasteiger partial charge in [-0.25, -0.2) is 0 Å². The van der Waals surface area contributed by atoms with Gasteiger partial charge in [0.15, 0.2) is 0 Å². The first kappa shape index (κ1) is 11.8. The van der Waals surface area contributed by atoms with E-state index in [1.807, 2.05) is 0 Å². The molecule has 0 nitrogen and oxygen atoms in total. The van der Waals surface area contributed by atoms with Gasteiger partial charge in [-0.2, -0.15) is 0 Å². The molecular weight excluding hydrogens is 108 g/mol. The van der Waals surface area contributed by atoms with E-state index in [4.69, 9.17) is 0 Å². The van der Waals surface area contributed by atoms with Gasteiger partial charge >= 0.3 is 0 Å². The molecule has 0 aliphatic heterocycles. The van der Waals surface area contributed by atoms with Crippen LogP contribution in [0.15, 0.2) is 0 Å². The molecule has 0 spiro atoms. The SMILES string of the molecule is C.C.CC1(C)CCCC1. The van der Waals surface area contributed by atoms with E-state index in [-0.39, 0.29) is 14.9 Å². The van der Waals surface area contributed by atoms with E-state index in [9.17, 15) is 0 Å². The molecule has 0 heterocycles. The van der Waals surface area contributed by atoms with E-state index >= 15 is 0 Å². The molecule has 1 fully saturated rings. The second-order valence-electron chi connectivity index (χ2n) is 3.37. The highest BCUT2D eigenvalue weighted by Gasteiger charge is 2.21. The van der Waals surface area contributed by atoms with Crippen LogP contribution in [0.25, 0.3) is 0 Å². The Morgan fingerprint density at radius 3 is 1.33 bits per heavy atom. The van der Waals surface area contributed by atoms with Crippen LogP contribution in [-0.2, 0) is 0 Å². The van der Waals surface area contributed by atoms with E-state index in [0.29, 0.717) is 5.41 Å². The van der Waals surface area contributed by atoms with Crippen molar-refractivity contribution in [1.29, 1.82) is 0 Å². The summed E-state index contributed by atoms with van der Waals surface area (Å²) in [4.78, 5) is 0. The second kappa shape index (κ2) is 3.92. The Kier molecular flexibility index (Phi) is 5.12. The van der Waals surface area contributed by atoms with Crippen LogP contribution in [0.2, 0.25) is 0 Å². The molecule has 9 heavy (non-hydrogen) atoms. The standard InChI is InChI=1S/C7H14.2CH4/c1-7(2)5-3-4-6-7;;/h3-6H2,1-2H3;2*1H4. The lowest BCUT2D eigenvalue weighted by atomic mass is 9.92. The first-order valence-corrected chi connectivity index (χ1v) is 3.21. The average Bonchev–Trinajstić information content (AvgIpc) is 1.84. The largest absolute Gasteiger partial charge is 0.0776 e. The predicted octanol–water partition coefficient (Wildman–Crippen LogP) is 3.86. The highest BCUT2D eigenvalue weighted by atomic mass is 14.3. The Balaban J connectivity index is 0. The van der Waals surface area contributed by atoms with Crippen molar-refractivity contribution in [1.82, 2.24) is 0 Å².